The number of piperazine rings is 1. The molecular weight excluding hydrogens is 278 g/mol. The summed E-state index contributed by atoms with van der Waals surface area (Å²) in [6.45, 7) is 1.80. The third kappa shape index (κ3) is 2.28. The number of amides is 2. The van der Waals surface area contributed by atoms with Crippen molar-refractivity contribution in [3.05, 3.63) is 35.4 Å². The summed E-state index contributed by atoms with van der Waals surface area (Å²) in [4.78, 5) is 25.9. The summed E-state index contributed by atoms with van der Waals surface area (Å²) in [6, 6.07) is 3.54. The van der Waals surface area contributed by atoms with Crippen molar-refractivity contribution in [1.29, 1.82) is 0 Å². The van der Waals surface area contributed by atoms with Crippen molar-refractivity contribution in [3.8, 4) is 0 Å². The molecule has 0 aromatic heterocycles. The molecular formula is C15H16F2N2O2. The number of nitrogens with zero attached hydrogens (tertiary/aromatic N) is 1. The van der Waals surface area contributed by atoms with Crippen LogP contribution >= 0.6 is 0 Å². The highest BCUT2D eigenvalue weighted by Crippen LogP contribution is 2.44. The smallest absolute Gasteiger partial charge is 0.246 e. The molecule has 1 heterocycles. The van der Waals surface area contributed by atoms with Crippen molar-refractivity contribution in [3.63, 3.8) is 0 Å². The summed E-state index contributed by atoms with van der Waals surface area (Å²) in [5.74, 6) is -2.12. The van der Waals surface area contributed by atoms with E-state index in [2.05, 4.69) is 5.32 Å². The number of halogens is 2. The van der Waals surface area contributed by atoms with Crippen LogP contribution in [0, 0.1) is 17.6 Å². The number of hydrogen-bond acceptors (Lipinski definition) is 2. The van der Waals surface area contributed by atoms with E-state index in [4.69, 9.17) is 0 Å². The minimum atomic E-state index is -0.950. The monoisotopic (exact) mass is 294 g/mol. The molecule has 1 atom stereocenters. The van der Waals surface area contributed by atoms with E-state index in [1.54, 1.807) is 6.92 Å². The van der Waals surface area contributed by atoms with Gasteiger partial charge in [-0.2, -0.15) is 0 Å². The van der Waals surface area contributed by atoms with Crippen molar-refractivity contribution >= 4 is 11.8 Å². The topological polar surface area (TPSA) is 49.4 Å². The molecule has 4 nitrogen and oxygen atoms in total. The standard InChI is InChI=1S/C15H16F2N2O2/c1-15(10-3-4-10)14(21)18-7-13(20)19(15)8-9-2-5-11(16)12(17)6-9/h2,5-6,10H,3-4,7-8H2,1H3,(H,18,21). The van der Waals surface area contributed by atoms with Crippen molar-refractivity contribution in [2.24, 2.45) is 5.92 Å². The van der Waals surface area contributed by atoms with Crippen molar-refractivity contribution in [2.45, 2.75) is 31.8 Å². The van der Waals surface area contributed by atoms with Crippen LogP contribution in [0.25, 0.3) is 0 Å². The molecule has 2 aliphatic rings. The summed E-state index contributed by atoms with van der Waals surface area (Å²) < 4.78 is 26.3. The van der Waals surface area contributed by atoms with Gasteiger partial charge in [-0.3, -0.25) is 9.59 Å². The molecule has 2 amide bonds. The predicted octanol–water partition coefficient (Wildman–Crippen LogP) is 1.59. The highest BCUT2D eigenvalue weighted by Gasteiger charge is 2.54. The Hall–Kier alpha value is -1.98. The van der Waals surface area contributed by atoms with E-state index >= 15 is 0 Å². The van der Waals surface area contributed by atoms with Crippen LogP contribution in [0.4, 0.5) is 8.78 Å². The Bertz CT molecular complexity index is 616. The lowest BCUT2D eigenvalue weighted by atomic mass is 9.89. The van der Waals surface area contributed by atoms with Crippen LogP contribution in [0.15, 0.2) is 18.2 Å². The zero-order valence-corrected chi connectivity index (χ0v) is 11.7. The molecule has 1 aliphatic carbocycles. The Morgan fingerprint density at radius 3 is 2.62 bits per heavy atom. The molecule has 1 N–H and O–H groups in total. The van der Waals surface area contributed by atoms with Crippen LogP contribution in [-0.2, 0) is 16.1 Å². The molecule has 21 heavy (non-hydrogen) atoms. The fraction of sp³-hybridized carbons (Fsp3) is 0.467. The Labute approximate surface area is 121 Å². The van der Waals surface area contributed by atoms with Gasteiger partial charge in [0, 0.05) is 6.54 Å². The van der Waals surface area contributed by atoms with E-state index in [1.165, 1.54) is 11.0 Å². The zero-order chi connectivity index (χ0) is 15.2. The summed E-state index contributed by atoms with van der Waals surface area (Å²) in [5.41, 5.74) is -0.427. The second kappa shape index (κ2) is 4.79. The molecule has 1 saturated heterocycles. The van der Waals surface area contributed by atoms with Gasteiger partial charge in [-0.1, -0.05) is 6.07 Å². The Morgan fingerprint density at radius 1 is 1.29 bits per heavy atom. The lowest BCUT2D eigenvalue weighted by Gasteiger charge is -2.44. The largest absolute Gasteiger partial charge is 0.345 e. The summed E-state index contributed by atoms with van der Waals surface area (Å²) in [5, 5.41) is 2.62. The average molecular weight is 294 g/mol. The fourth-order valence-electron chi connectivity index (χ4n) is 2.94. The van der Waals surface area contributed by atoms with E-state index < -0.39 is 17.2 Å². The first-order chi connectivity index (χ1) is 9.92. The van der Waals surface area contributed by atoms with E-state index in [1.807, 2.05) is 0 Å². The van der Waals surface area contributed by atoms with Gasteiger partial charge in [0.2, 0.25) is 11.8 Å². The number of hydrogen-bond donors (Lipinski definition) is 1. The lowest BCUT2D eigenvalue weighted by Crippen LogP contribution is -2.66. The van der Waals surface area contributed by atoms with Gasteiger partial charge in [0.1, 0.15) is 5.54 Å². The molecule has 1 aromatic rings. The average Bonchev–Trinajstić information content (AvgIpc) is 3.28. The van der Waals surface area contributed by atoms with E-state index in [9.17, 15) is 18.4 Å². The predicted molar refractivity (Wildman–Crippen MR) is 71.0 cm³/mol. The van der Waals surface area contributed by atoms with Crippen molar-refractivity contribution in [1.82, 2.24) is 10.2 Å². The van der Waals surface area contributed by atoms with Crippen molar-refractivity contribution in [2.75, 3.05) is 6.54 Å². The van der Waals surface area contributed by atoms with Gasteiger partial charge in [0.15, 0.2) is 11.6 Å². The Kier molecular flexibility index (Phi) is 3.19. The highest BCUT2D eigenvalue weighted by molar-refractivity contribution is 5.98. The molecule has 1 unspecified atom stereocenters. The van der Waals surface area contributed by atoms with Crippen LogP contribution in [-0.4, -0.2) is 28.8 Å². The van der Waals surface area contributed by atoms with Crippen LogP contribution in [0.1, 0.15) is 25.3 Å². The minimum absolute atomic E-state index is 0.0508. The van der Waals surface area contributed by atoms with Gasteiger partial charge in [-0.25, -0.2) is 8.78 Å². The molecule has 112 valence electrons. The maximum atomic E-state index is 13.3. The fourth-order valence-corrected chi connectivity index (χ4v) is 2.94. The van der Waals surface area contributed by atoms with Gasteiger partial charge < -0.3 is 10.2 Å². The number of carbonyl (C=O) groups excluding carboxylic acids is 2. The van der Waals surface area contributed by atoms with Crippen LogP contribution in [0.2, 0.25) is 0 Å². The maximum Gasteiger partial charge on any atom is 0.246 e. The maximum absolute atomic E-state index is 13.3. The van der Waals surface area contributed by atoms with Gasteiger partial charge >= 0.3 is 0 Å². The molecule has 6 heteroatoms. The van der Waals surface area contributed by atoms with Gasteiger partial charge in [-0.15, -0.1) is 0 Å². The van der Waals surface area contributed by atoms with Gasteiger partial charge in [0.25, 0.3) is 0 Å². The Balaban J connectivity index is 1.91. The Morgan fingerprint density at radius 2 is 2.00 bits per heavy atom. The second-order valence-electron chi connectivity index (χ2n) is 5.83. The summed E-state index contributed by atoms with van der Waals surface area (Å²) in [7, 11) is 0. The van der Waals surface area contributed by atoms with Crippen LogP contribution in [0.5, 0.6) is 0 Å². The number of rotatable bonds is 3. The molecule has 1 saturated carbocycles. The summed E-state index contributed by atoms with van der Waals surface area (Å²) >= 11 is 0. The molecule has 1 aromatic carbocycles. The SMILES string of the molecule is CC1(C2CC2)C(=O)NCC(=O)N1Cc1ccc(F)c(F)c1. The second-order valence-corrected chi connectivity index (χ2v) is 5.83. The first-order valence-corrected chi connectivity index (χ1v) is 6.95. The minimum Gasteiger partial charge on any atom is -0.345 e. The molecule has 0 radical (unpaired) electrons. The zero-order valence-electron chi connectivity index (χ0n) is 11.7. The molecule has 3 rings (SSSR count). The van der Waals surface area contributed by atoms with E-state index in [0.717, 1.165) is 25.0 Å². The number of carbonyl (C=O) groups is 2. The first kappa shape index (κ1) is 14.0. The molecule has 1 aliphatic heterocycles. The highest BCUT2D eigenvalue weighted by atomic mass is 19.2. The molecule has 0 spiro atoms. The van der Waals surface area contributed by atoms with Crippen LogP contribution < -0.4 is 5.32 Å². The van der Waals surface area contributed by atoms with E-state index in [-0.39, 0.29) is 30.8 Å². The van der Waals surface area contributed by atoms with Crippen molar-refractivity contribution < 1.29 is 18.4 Å². The summed E-state index contributed by atoms with van der Waals surface area (Å²) in [6.07, 6.45) is 1.79. The van der Waals surface area contributed by atoms with Gasteiger partial charge in [0.05, 0.1) is 6.54 Å². The van der Waals surface area contributed by atoms with E-state index in [0.29, 0.717) is 5.56 Å². The molecule has 2 fully saturated rings. The number of nitrogens with one attached hydrogen (secondary N) is 1. The number of benzene rings is 1. The third-order valence-corrected chi connectivity index (χ3v) is 4.42. The quantitative estimate of drug-likeness (QED) is 0.920. The lowest BCUT2D eigenvalue weighted by molar-refractivity contribution is -0.155. The normalized spacial score (nSPS) is 26.0. The molecule has 0 bridgehead atoms. The van der Waals surface area contributed by atoms with Crippen LogP contribution in [0.3, 0.4) is 0 Å². The first-order valence-electron chi connectivity index (χ1n) is 6.95. The van der Waals surface area contributed by atoms with Gasteiger partial charge in [-0.05, 0) is 43.4 Å². The third-order valence-electron chi connectivity index (χ3n) is 4.42.